The molecular formula is C19H32O4. The summed E-state index contributed by atoms with van der Waals surface area (Å²) >= 11 is 0. The van der Waals surface area contributed by atoms with E-state index in [2.05, 4.69) is 13.5 Å². The number of aliphatic carboxylic acids is 1. The number of hydrogen-bond donors (Lipinski definition) is 1. The highest BCUT2D eigenvalue weighted by Gasteiger charge is 2.42. The fourth-order valence-corrected chi connectivity index (χ4v) is 3.18. The van der Waals surface area contributed by atoms with E-state index in [4.69, 9.17) is 9.84 Å². The first kappa shape index (κ1) is 19.7. The summed E-state index contributed by atoms with van der Waals surface area (Å²) < 4.78 is 5.12. The Kier molecular flexibility index (Phi) is 9.65. The quantitative estimate of drug-likeness (QED) is 0.298. The number of hydrogen-bond acceptors (Lipinski definition) is 3. The molecule has 1 aliphatic heterocycles. The molecule has 1 N–H and O–H groups in total. The summed E-state index contributed by atoms with van der Waals surface area (Å²) in [6.07, 6.45) is 13.8. The molecule has 2 atom stereocenters. The van der Waals surface area contributed by atoms with Crippen molar-refractivity contribution in [2.45, 2.75) is 90.1 Å². The van der Waals surface area contributed by atoms with Gasteiger partial charge in [-0.1, -0.05) is 77.7 Å². The molecule has 0 aliphatic carbocycles. The van der Waals surface area contributed by atoms with E-state index in [0.29, 0.717) is 6.42 Å². The van der Waals surface area contributed by atoms with E-state index in [9.17, 15) is 9.59 Å². The van der Waals surface area contributed by atoms with E-state index in [-0.39, 0.29) is 5.57 Å². The molecule has 0 amide bonds. The molecule has 23 heavy (non-hydrogen) atoms. The van der Waals surface area contributed by atoms with Gasteiger partial charge in [0.2, 0.25) is 0 Å². The average Bonchev–Trinajstić information content (AvgIpc) is 2.79. The zero-order chi connectivity index (χ0) is 17.1. The van der Waals surface area contributed by atoms with Crippen molar-refractivity contribution in [2.24, 2.45) is 5.92 Å². The molecule has 1 heterocycles. The standard InChI is InChI=1S/C19H32O4/c1-3-4-5-6-7-8-9-10-11-12-13-14-16-17(18(20)21)15(2)19(22)23-16/h16-17H,2-14H2,1H3,(H,20,21)/t16?,17-/m0/s1. The third-order valence-corrected chi connectivity index (χ3v) is 4.63. The SMILES string of the molecule is C=C1C(=O)OC(CCCCCCCCCCCCC)[C@H]1C(=O)O. The van der Waals surface area contributed by atoms with Crippen LogP contribution in [-0.2, 0) is 14.3 Å². The topological polar surface area (TPSA) is 63.6 Å². The highest BCUT2D eigenvalue weighted by atomic mass is 16.6. The van der Waals surface area contributed by atoms with Crippen molar-refractivity contribution in [3.63, 3.8) is 0 Å². The van der Waals surface area contributed by atoms with Crippen molar-refractivity contribution < 1.29 is 19.4 Å². The molecule has 1 saturated heterocycles. The van der Waals surface area contributed by atoms with Gasteiger partial charge in [0.15, 0.2) is 0 Å². The molecule has 0 bridgehead atoms. The van der Waals surface area contributed by atoms with Gasteiger partial charge in [0.05, 0.1) is 0 Å². The van der Waals surface area contributed by atoms with Gasteiger partial charge in [0.1, 0.15) is 12.0 Å². The molecule has 1 rings (SSSR count). The number of cyclic esters (lactones) is 1. The van der Waals surface area contributed by atoms with Gasteiger partial charge in [-0.2, -0.15) is 0 Å². The van der Waals surface area contributed by atoms with Crippen LogP contribution in [0.2, 0.25) is 0 Å². The number of rotatable bonds is 13. The second-order valence-corrected chi connectivity index (χ2v) is 6.61. The highest BCUT2D eigenvalue weighted by molar-refractivity contribution is 5.97. The number of carbonyl (C=O) groups is 2. The lowest BCUT2D eigenvalue weighted by Crippen LogP contribution is -2.24. The third kappa shape index (κ3) is 7.19. The molecule has 0 spiro atoms. The van der Waals surface area contributed by atoms with Gasteiger partial charge >= 0.3 is 11.9 Å². The molecule has 0 aromatic heterocycles. The zero-order valence-electron chi connectivity index (χ0n) is 14.5. The molecule has 0 aromatic carbocycles. The minimum atomic E-state index is -1.01. The minimum Gasteiger partial charge on any atom is -0.481 e. The van der Waals surface area contributed by atoms with Crippen molar-refractivity contribution in [1.82, 2.24) is 0 Å². The molecule has 1 fully saturated rings. The smallest absolute Gasteiger partial charge is 0.334 e. The lowest BCUT2D eigenvalue weighted by molar-refractivity contribution is -0.144. The predicted octanol–water partition coefficient (Wildman–Crippen LogP) is 4.87. The Hall–Kier alpha value is -1.32. The lowest BCUT2D eigenvalue weighted by Gasteiger charge is -2.13. The molecule has 1 aliphatic rings. The van der Waals surface area contributed by atoms with Crippen LogP contribution in [0.4, 0.5) is 0 Å². The van der Waals surface area contributed by atoms with E-state index in [1.807, 2.05) is 0 Å². The maximum atomic E-state index is 11.4. The average molecular weight is 324 g/mol. The maximum absolute atomic E-state index is 11.4. The summed E-state index contributed by atoms with van der Waals surface area (Å²) in [5, 5.41) is 9.16. The summed E-state index contributed by atoms with van der Waals surface area (Å²) in [6, 6.07) is 0. The van der Waals surface area contributed by atoms with Crippen molar-refractivity contribution in [3.05, 3.63) is 12.2 Å². The molecule has 4 nitrogen and oxygen atoms in total. The van der Waals surface area contributed by atoms with Crippen LogP contribution in [0.1, 0.15) is 84.0 Å². The fourth-order valence-electron chi connectivity index (χ4n) is 3.18. The van der Waals surface area contributed by atoms with Crippen LogP contribution in [0.5, 0.6) is 0 Å². The van der Waals surface area contributed by atoms with Crippen molar-refractivity contribution in [2.75, 3.05) is 0 Å². The van der Waals surface area contributed by atoms with E-state index in [1.165, 1.54) is 57.8 Å². The van der Waals surface area contributed by atoms with E-state index in [0.717, 1.165) is 12.8 Å². The second-order valence-electron chi connectivity index (χ2n) is 6.61. The van der Waals surface area contributed by atoms with Crippen molar-refractivity contribution in [3.8, 4) is 0 Å². The molecule has 0 aromatic rings. The Morgan fingerprint density at radius 1 is 1.00 bits per heavy atom. The zero-order valence-corrected chi connectivity index (χ0v) is 14.5. The largest absolute Gasteiger partial charge is 0.481 e. The summed E-state index contributed by atoms with van der Waals surface area (Å²) in [4.78, 5) is 22.6. The first-order valence-corrected chi connectivity index (χ1v) is 9.20. The molecule has 132 valence electrons. The van der Waals surface area contributed by atoms with Gasteiger partial charge in [-0.05, 0) is 12.8 Å². The molecule has 0 radical (unpaired) electrons. The third-order valence-electron chi connectivity index (χ3n) is 4.63. The number of ether oxygens (including phenoxy) is 1. The van der Waals surface area contributed by atoms with Crippen LogP contribution in [0.3, 0.4) is 0 Å². The van der Waals surface area contributed by atoms with Gasteiger partial charge in [-0.25, -0.2) is 4.79 Å². The predicted molar refractivity (Wildman–Crippen MR) is 91.2 cm³/mol. The maximum Gasteiger partial charge on any atom is 0.334 e. The summed E-state index contributed by atoms with van der Waals surface area (Å²) in [5.41, 5.74) is 0.0885. The van der Waals surface area contributed by atoms with Crippen LogP contribution in [0.15, 0.2) is 12.2 Å². The van der Waals surface area contributed by atoms with E-state index < -0.39 is 24.0 Å². The monoisotopic (exact) mass is 324 g/mol. The Morgan fingerprint density at radius 2 is 1.48 bits per heavy atom. The van der Waals surface area contributed by atoms with Gasteiger partial charge in [0.25, 0.3) is 0 Å². The van der Waals surface area contributed by atoms with Crippen molar-refractivity contribution >= 4 is 11.9 Å². The molecule has 4 heteroatoms. The van der Waals surface area contributed by atoms with E-state index >= 15 is 0 Å². The number of carbonyl (C=O) groups excluding carboxylic acids is 1. The first-order chi connectivity index (χ1) is 11.1. The Morgan fingerprint density at radius 3 is 1.96 bits per heavy atom. The molecule has 1 unspecified atom stereocenters. The van der Waals surface area contributed by atoms with E-state index in [1.54, 1.807) is 0 Å². The van der Waals surface area contributed by atoms with Gasteiger partial charge in [0, 0.05) is 5.57 Å². The van der Waals surface area contributed by atoms with Gasteiger partial charge in [-0.3, -0.25) is 4.79 Å². The fraction of sp³-hybridized carbons (Fsp3) is 0.789. The Labute approximate surface area is 140 Å². The number of unbranched alkanes of at least 4 members (excludes halogenated alkanes) is 10. The second kappa shape index (κ2) is 11.3. The number of carboxylic acid groups (broad SMARTS) is 1. The Balaban J connectivity index is 2.01. The number of esters is 1. The first-order valence-electron chi connectivity index (χ1n) is 9.20. The van der Waals surface area contributed by atoms with Crippen LogP contribution >= 0.6 is 0 Å². The Bertz CT molecular complexity index is 389. The minimum absolute atomic E-state index is 0.0885. The lowest BCUT2D eigenvalue weighted by atomic mass is 9.93. The molecular weight excluding hydrogens is 292 g/mol. The van der Waals surface area contributed by atoms with Crippen molar-refractivity contribution in [1.29, 1.82) is 0 Å². The molecule has 0 saturated carbocycles. The normalized spacial score (nSPS) is 20.7. The summed E-state index contributed by atoms with van der Waals surface area (Å²) in [5.74, 6) is -2.41. The summed E-state index contributed by atoms with van der Waals surface area (Å²) in [7, 11) is 0. The van der Waals surface area contributed by atoms with Crippen LogP contribution in [0, 0.1) is 5.92 Å². The van der Waals surface area contributed by atoms with Crippen LogP contribution in [-0.4, -0.2) is 23.1 Å². The van der Waals surface area contributed by atoms with Gasteiger partial charge < -0.3 is 9.84 Å². The number of carboxylic acids is 1. The van der Waals surface area contributed by atoms with Gasteiger partial charge in [-0.15, -0.1) is 0 Å². The van der Waals surface area contributed by atoms with Crippen LogP contribution < -0.4 is 0 Å². The highest BCUT2D eigenvalue weighted by Crippen LogP contribution is 2.30. The summed E-state index contributed by atoms with van der Waals surface area (Å²) in [6.45, 7) is 5.77. The van der Waals surface area contributed by atoms with Crippen LogP contribution in [0.25, 0.3) is 0 Å².